The molecule has 2 N–H and O–H groups in total. The summed E-state index contributed by atoms with van der Waals surface area (Å²) in [4.78, 5) is 15.5. The molecule has 1 amide bonds. The quantitative estimate of drug-likeness (QED) is 0.792. The molecule has 0 saturated heterocycles. The van der Waals surface area contributed by atoms with Gasteiger partial charge in [-0.25, -0.2) is 4.98 Å². The topological polar surface area (TPSA) is 66.9 Å². The summed E-state index contributed by atoms with van der Waals surface area (Å²) in [5, 5.41) is 6.50. The van der Waals surface area contributed by atoms with Gasteiger partial charge in [0.15, 0.2) is 0 Å². The van der Waals surface area contributed by atoms with E-state index >= 15 is 0 Å². The molecule has 0 radical (unpaired) electrons. The molecule has 0 spiro atoms. The van der Waals surface area contributed by atoms with Crippen LogP contribution in [0.15, 0.2) is 6.33 Å². The van der Waals surface area contributed by atoms with Crippen LogP contribution in [0.2, 0.25) is 0 Å². The number of hydrogen-bond donors (Lipinski definition) is 2. The molecular weight excluding hydrogens is 212 g/mol. The van der Waals surface area contributed by atoms with E-state index < -0.39 is 0 Å². The first-order valence-corrected chi connectivity index (χ1v) is 5.68. The smallest absolute Gasteiger partial charge is 0.242 e. The van der Waals surface area contributed by atoms with E-state index in [2.05, 4.69) is 33.8 Å². The summed E-state index contributed by atoms with van der Waals surface area (Å²) in [6.07, 6.45) is 1.46. The molecule has 0 aliphatic heterocycles. The zero-order valence-corrected chi connectivity index (χ0v) is 9.97. The highest BCUT2D eigenvalue weighted by Gasteiger charge is 2.13. The lowest BCUT2D eigenvalue weighted by Crippen LogP contribution is -2.39. The number of carbonyl (C=O) groups is 1. The Labute approximate surface area is 93.5 Å². The van der Waals surface area contributed by atoms with Crippen LogP contribution in [0.1, 0.15) is 20.8 Å². The fourth-order valence-corrected chi connectivity index (χ4v) is 1.46. The SMILES string of the molecule is CC(C)CNC(=O)C(C)Nc1ncns1. The Kier molecular flexibility index (Phi) is 4.48. The predicted molar refractivity (Wildman–Crippen MR) is 60.8 cm³/mol. The third kappa shape index (κ3) is 4.24. The van der Waals surface area contributed by atoms with E-state index in [1.807, 2.05) is 0 Å². The van der Waals surface area contributed by atoms with Crippen LogP contribution in [0.5, 0.6) is 0 Å². The summed E-state index contributed by atoms with van der Waals surface area (Å²) in [6, 6.07) is -0.281. The van der Waals surface area contributed by atoms with E-state index in [-0.39, 0.29) is 11.9 Å². The lowest BCUT2D eigenvalue weighted by Gasteiger charge is -2.13. The van der Waals surface area contributed by atoms with Crippen molar-refractivity contribution in [2.45, 2.75) is 26.8 Å². The molecule has 0 aliphatic carbocycles. The van der Waals surface area contributed by atoms with Crippen LogP contribution in [-0.4, -0.2) is 27.9 Å². The second kappa shape index (κ2) is 5.65. The number of amides is 1. The number of carbonyl (C=O) groups excluding carboxylic acids is 1. The van der Waals surface area contributed by atoms with E-state index in [1.165, 1.54) is 17.9 Å². The van der Waals surface area contributed by atoms with Crippen molar-refractivity contribution in [1.29, 1.82) is 0 Å². The minimum absolute atomic E-state index is 0.0149. The first-order chi connectivity index (χ1) is 7.09. The Morgan fingerprint density at radius 2 is 2.27 bits per heavy atom. The number of aromatic nitrogens is 2. The molecular formula is C9H16N4OS. The van der Waals surface area contributed by atoms with E-state index in [9.17, 15) is 4.79 Å². The molecule has 1 atom stereocenters. The number of rotatable bonds is 5. The number of hydrogen-bond acceptors (Lipinski definition) is 5. The van der Waals surface area contributed by atoms with Crippen molar-refractivity contribution in [3.8, 4) is 0 Å². The maximum atomic E-state index is 11.6. The fraction of sp³-hybridized carbons (Fsp3) is 0.667. The summed E-state index contributed by atoms with van der Waals surface area (Å²) in [7, 11) is 0. The first kappa shape index (κ1) is 11.9. The van der Waals surface area contributed by atoms with Gasteiger partial charge in [0.05, 0.1) is 0 Å². The zero-order valence-electron chi connectivity index (χ0n) is 9.15. The molecule has 5 nitrogen and oxygen atoms in total. The largest absolute Gasteiger partial charge is 0.354 e. The summed E-state index contributed by atoms with van der Waals surface area (Å²) < 4.78 is 3.85. The van der Waals surface area contributed by atoms with E-state index in [1.54, 1.807) is 6.92 Å². The molecule has 0 aliphatic rings. The van der Waals surface area contributed by atoms with Crippen molar-refractivity contribution in [3.63, 3.8) is 0 Å². The predicted octanol–water partition coefficient (Wildman–Crippen LogP) is 1.11. The standard InChI is InChI=1S/C9H16N4OS/c1-6(2)4-10-8(14)7(3)13-9-11-5-12-15-9/h5-7H,4H2,1-3H3,(H,10,14)(H,11,12,13). The molecule has 1 aromatic heterocycles. The van der Waals surface area contributed by atoms with Gasteiger partial charge in [-0.3, -0.25) is 4.79 Å². The van der Waals surface area contributed by atoms with Gasteiger partial charge in [-0.1, -0.05) is 13.8 Å². The van der Waals surface area contributed by atoms with Crippen LogP contribution in [-0.2, 0) is 4.79 Å². The fourth-order valence-electron chi connectivity index (χ4n) is 0.945. The highest BCUT2D eigenvalue weighted by Crippen LogP contribution is 2.08. The molecule has 0 bridgehead atoms. The Balaban J connectivity index is 2.33. The summed E-state index contributed by atoms with van der Waals surface area (Å²) in [5.41, 5.74) is 0. The molecule has 0 aromatic carbocycles. The maximum absolute atomic E-state index is 11.6. The van der Waals surface area contributed by atoms with Gasteiger partial charge < -0.3 is 10.6 Å². The molecule has 1 unspecified atom stereocenters. The zero-order chi connectivity index (χ0) is 11.3. The van der Waals surface area contributed by atoms with Gasteiger partial charge in [0, 0.05) is 18.1 Å². The molecule has 6 heteroatoms. The molecule has 1 heterocycles. The van der Waals surface area contributed by atoms with Crippen molar-refractivity contribution in [1.82, 2.24) is 14.7 Å². The lowest BCUT2D eigenvalue weighted by atomic mass is 10.2. The number of nitrogens with one attached hydrogen (secondary N) is 2. The van der Waals surface area contributed by atoms with Gasteiger partial charge in [0.2, 0.25) is 11.0 Å². The van der Waals surface area contributed by atoms with E-state index in [0.717, 1.165) is 0 Å². The number of anilines is 1. The molecule has 15 heavy (non-hydrogen) atoms. The Bertz CT molecular complexity index is 299. The van der Waals surface area contributed by atoms with Gasteiger partial charge in [-0.15, -0.1) is 0 Å². The van der Waals surface area contributed by atoms with Crippen LogP contribution < -0.4 is 10.6 Å². The second-order valence-corrected chi connectivity index (χ2v) is 4.53. The van der Waals surface area contributed by atoms with Crippen LogP contribution >= 0.6 is 11.5 Å². The Morgan fingerprint density at radius 1 is 1.53 bits per heavy atom. The van der Waals surface area contributed by atoms with Crippen molar-refractivity contribution in [2.24, 2.45) is 5.92 Å². The summed E-state index contributed by atoms with van der Waals surface area (Å²) >= 11 is 1.24. The van der Waals surface area contributed by atoms with Crippen LogP contribution in [0.25, 0.3) is 0 Å². The van der Waals surface area contributed by atoms with Crippen LogP contribution in [0, 0.1) is 5.92 Å². The van der Waals surface area contributed by atoms with Gasteiger partial charge in [-0.05, 0) is 12.8 Å². The minimum atomic E-state index is -0.281. The summed E-state index contributed by atoms with van der Waals surface area (Å²) in [6.45, 7) is 6.62. The Hall–Kier alpha value is -1.17. The van der Waals surface area contributed by atoms with Gasteiger partial charge >= 0.3 is 0 Å². The van der Waals surface area contributed by atoms with Gasteiger partial charge in [0.1, 0.15) is 12.4 Å². The first-order valence-electron chi connectivity index (χ1n) is 4.90. The van der Waals surface area contributed by atoms with Crippen molar-refractivity contribution in [2.75, 3.05) is 11.9 Å². The molecule has 0 fully saturated rings. The Morgan fingerprint density at radius 3 is 2.80 bits per heavy atom. The van der Waals surface area contributed by atoms with Crippen molar-refractivity contribution in [3.05, 3.63) is 6.33 Å². The van der Waals surface area contributed by atoms with Gasteiger partial charge in [-0.2, -0.15) is 4.37 Å². The van der Waals surface area contributed by atoms with E-state index in [4.69, 9.17) is 0 Å². The monoisotopic (exact) mass is 228 g/mol. The maximum Gasteiger partial charge on any atom is 0.242 e. The average molecular weight is 228 g/mol. The van der Waals surface area contributed by atoms with Crippen LogP contribution in [0.4, 0.5) is 5.13 Å². The molecule has 1 aromatic rings. The van der Waals surface area contributed by atoms with Crippen LogP contribution in [0.3, 0.4) is 0 Å². The highest BCUT2D eigenvalue weighted by molar-refractivity contribution is 7.09. The highest BCUT2D eigenvalue weighted by atomic mass is 32.1. The lowest BCUT2D eigenvalue weighted by molar-refractivity contribution is -0.121. The average Bonchev–Trinajstić information content (AvgIpc) is 2.66. The molecule has 84 valence electrons. The normalized spacial score (nSPS) is 12.5. The number of nitrogens with zero attached hydrogens (tertiary/aromatic N) is 2. The minimum Gasteiger partial charge on any atom is -0.354 e. The third-order valence-electron chi connectivity index (χ3n) is 1.78. The second-order valence-electron chi connectivity index (χ2n) is 3.75. The van der Waals surface area contributed by atoms with Crippen molar-refractivity contribution >= 4 is 22.6 Å². The van der Waals surface area contributed by atoms with E-state index in [0.29, 0.717) is 17.6 Å². The van der Waals surface area contributed by atoms with Gasteiger partial charge in [0.25, 0.3) is 0 Å². The summed E-state index contributed by atoms with van der Waals surface area (Å²) in [5.74, 6) is 0.446. The third-order valence-corrected chi connectivity index (χ3v) is 2.37. The van der Waals surface area contributed by atoms with Crippen molar-refractivity contribution < 1.29 is 4.79 Å². The molecule has 0 saturated carbocycles. The molecule has 1 rings (SSSR count).